The molecule has 0 saturated carbocycles. The van der Waals surface area contributed by atoms with E-state index in [4.69, 9.17) is 9.47 Å². The number of anilines is 2. The summed E-state index contributed by atoms with van der Waals surface area (Å²) < 4.78 is 11.1. The van der Waals surface area contributed by atoms with Crippen LogP contribution in [0.3, 0.4) is 0 Å². The van der Waals surface area contributed by atoms with Crippen molar-refractivity contribution in [2.75, 3.05) is 43.2 Å². The van der Waals surface area contributed by atoms with Crippen LogP contribution in [0.2, 0.25) is 0 Å². The van der Waals surface area contributed by atoms with Crippen LogP contribution in [0.25, 0.3) is 6.08 Å². The van der Waals surface area contributed by atoms with Crippen LogP contribution in [0.15, 0.2) is 48.5 Å². The van der Waals surface area contributed by atoms with E-state index < -0.39 is 11.1 Å². The van der Waals surface area contributed by atoms with Crippen molar-refractivity contribution in [2.24, 2.45) is 0 Å². The number of rotatable bonds is 8. The number of nitrogens with zero attached hydrogens (tertiary/aromatic N) is 3. The molecule has 1 fully saturated rings. The van der Waals surface area contributed by atoms with Gasteiger partial charge in [-0.2, -0.15) is 0 Å². The van der Waals surface area contributed by atoms with Crippen LogP contribution >= 0.6 is 0 Å². The first-order valence-corrected chi connectivity index (χ1v) is 11.5. The van der Waals surface area contributed by atoms with Gasteiger partial charge < -0.3 is 19.3 Å². The maximum Gasteiger partial charge on any atom is 0.307 e. The predicted octanol–water partition coefficient (Wildman–Crippen LogP) is 4.52. The third kappa shape index (κ3) is 3.92. The number of benzene rings is 2. The van der Waals surface area contributed by atoms with Crippen molar-refractivity contribution in [3.8, 4) is 0 Å². The van der Waals surface area contributed by atoms with Crippen LogP contribution in [0.4, 0.5) is 17.1 Å². The first-order valence-electron chi connectivity index (χ1n) is 11.5. The quantitative estimate of drug-likeness (QED) is 0.322. The highest BCUT2D eigenvalue weighted by atomic mass is 16.6. The first-order chi connectivity index (χ1) is 16.2. The zero-order chi connectivity index (χ0) is 24.5. The van der Waals surface area contributed by atoms with Crippen molar-refractivity contribution in [2.45, 2.75) is 38.3 Å². The molecule has 2 aromatic carbocycles. The van der Waals surface area contributed by atoms with E-state index in [1.807, 2.05) is 30.3 Å². The molecule has 1 unspecified atom stereocenters. The van der Waals surface area contributed by atoms with Gasteiger partial charge in [0.1, 0.15) is 0 Å². The number of carbonyl (C=O) groups is 1. The Kier molecular flexibility index (Phi) is 6.36. The number of fused-ring (bicyclic) bond motifs is 3. The Morgan fingerprint density at radius 3 is 2.65 bits per heavy atom. The monoisotopic (exact) mass is 465 g/mol. The molecule has 8 nitrogen and oxygen atoms in total. The zero-order valence-corrected chi connectivity index (χ0v) is 20.1. The van der Waals surface area contributed by atoms with Crippen LogP contribution in [-0.2, 0) is 19.7 Å². The minimum Gasteiger partial charge on any atom is -0.469 e. The highest BCUT2D eigenvalue weighted by molar-refractivity contribution is 5.72. The van der Waals surface area contributed by atoms with E-state index >= 15 is 0 Å². The van der Waals surface area contributed by atoms with Crippen LogP contribution < -0.4 is 9.80 Å². The number of non-ortho nitro benzene ring substituents is 1. The molecule has 2 heterocycles. The van der Waals surface area contributed by atoms with Gasteiger partial charge in [0.2, 0.25) is 0 Å². The van der Waals surface area contributed by atoms with Gasteiger partial charge >= 0.3 is 5.97 Å². The van der Waals surface area contributed by atoms with Crippen molar-refractivity contribution in [1.29, 1.82) is 0 Å². The van der Waals surface area contributed by atoms with Gasteiger partial charge in [-0.3, -0.25) is 14.9 Å². The second-order valence-electron chi connectivity index (χ2n) is 9.11. The van der Waals surface area contributed by atoms with Gasteiger partial charge in [0.15, 0.2) is 5.72 Å². The van der Waals surface area contributed by atoms with Gasteiger partial charge in [0, 0.05) is 48.6 Å². The Hall–Kier alpha value is -3.39. The molecule has 8 heteroatoms. The molecule has 0 radical (unpaired) electrons. The van der Waals surface area contributed by atoms with E-state index in [0.717, 1.165) is 35.6 Å². The van der Waals surface area contributed by atoms with Gasteiger partial charge in [0.25, 0.3) is 5.69 Å². The smallest absolute Gasteiger partial charge is 0.307 e. The van der Waals surface area contributed by atoms with Crippen LogP contribution in [0, 0.1) is 10.1 Å². The topological polar surface area (TPSA) is 85.2 Å². The normalized spacial score (nSPS) is 20.3. The highest BCUT2D eigenvalue weighted by Gasteiger charge is 2.59. The second kappa shape index (κ2) is 9.10. The summed E-state index contributed by atoms with van der Waals surface area (Å²) in [5.41, 5.74) is 2.88. The molecule has 0 aliphatic carbocycles. The molecule has 2 aliphatic heterocycles. The number of hydrogen-bond donors (Lipinski definition) is 0. The minimum atomic E-state index is -0.709. The van der Waals surface area contributed by atoms with Gasteiger partial charge in [-0.05, 0) is 42.3 Å². The number of esters is 1. The fourth-order valence-corrected chi connectivity index (χ4v) is 5.07. The summed E-state index contributed by atoms with van der Waals surface area (Å²) in [6, 6.07) is 13.3. The molecule has 0 bridgehead atoms. The Morgan fingerprint density at radius 2 is 2.00 bits per heavy atom. The van der Waals surface area contributed by atoms with Crippen LogP contribution in [0.5, 0.6) is 0 Å². The largest absolute Gasteiger partial charge is 0.469 e. The van der Waals surface area contributed by atoms with Crippen molar-refractivity contribution >= 4 is 29.1 Å². The van der Waals surface area contributed by atoms with Gasteiger partial charge in [0.05, 0.1) is 25.1 Å². The van der Waals surface area contributed by atoms with E-state index in [1.54, 1.807) is 12.1 Å². The third-order valence-corrected chi connectivity index (χ3v) is 7.04. The Morgan fingerprint density at radius 1 is 1.26 bits per heavy atom. The number of ether oxygens (including phenoxy) is 2. The molecule has 2 aromatic rings. The fourth-order valence-electron chi connectivity index (χ4n) is 5.07. The number of hydrogen-bond acceptors (Lipinski definition) is 7. The molecule has 4 rings (SSSR count). The lowest BCUT2D eigenvalue weighted by atomic mass is 9.77. The summed E-state index contributed by atoms with van der Waals surface area (Å²) in [5, 5.41) is 11.4. The number of methoxy groups -OCH3 is 1. The maximum atomic E-state index is 11.5. The molecule has 1 saturated heterocycles. The predicted molar refractivity (Wildman–Crippen MR) is 132 cm³/mol. The van der Waals surface area contributed by atoms with Crippen molar-refractivity contribution in [3.63, 3.8) is 0 Å². The molecule has 34 heavy (non-hydrogen) atoms. The van der Waals surface area contributed by atoms with Gasteiger partial charge in [-0.1, -0.05) is 32.1 Å². The molecule has 2 aliphatic rings. The second-order valence-corrected chi connectivity index (χ2v) is 9.11. The molecule has 180 valence electrons. The molecule has 0 N–H and O–H groups in total. The summed E-state index contributed by atoms with van der Waals surface area (Å²) in [5.74, 6) is -0.219. The first kappa shape index (κ1) is 23.8. The van der Waals surface area contributed by atoms with Crippen LogP contribution in [-0.4, -0.2) is 50.0 Å². The lowest BCUT2D eigenvalue weighted by molar-refractivity contribution is -0.384. The fraction of sp³-hybridized carbons (Fsp3) is 0.423. The van der Waals surface area contributed by atoms with Crippen molar-refractivity contribution in [1.82, 2.24) is 0 Å². The molecule has 0 spiro atoms. The summed E-state index contributed by atoms with van der Waals surface area (Å²) in [4.78, 5) is 26.8. The van der Waals surface area contributed by atoms with E-state index in [-0.39, 0.29) is 16.6 Å². The lowest BCUT2D eigenvalue weighted by Gasteiger charge is -2.39. The molecule has 0 aromatic heterocycles. The number of nitro groups is 1. The maximum absolute atomic E-state index is 11.5. The number of carbonyl (C=O) groups excluding carboxylic acids is 1. The van der Waals surface area contributed by atoms with E-state index in [1.165, 1.54) is 7.11 Å². The number of nitro benzene ring substituents is 1. The Bertz CT molecular complexity index is 1110. The van der Waals surface area contributed by atoms with Crippen LogP contribution in [0.1, 0.15) is 38.3 Å². The third-order valence-electron chi connectivity index (χ3n) is 7.04. The zero-order valence-electron chi connectivity index (χ0n) is 20.1. The minimum absolute atomic E-state index is 0.0930. The van der Waals surface area contributed by atoms with E-state index in [2.05, 4.69) is 42.7 Å². The average Bonchev–Trinajstić information content (AvgIpc) is 3.35. The molecule has 0 amide bonds. The lowest BCUT2D eigenvalue weighted by Crippen LogP contribution is -2.51. The van der Waals surface area contributed by atoms with E-state index in [9.17, 15) is 14.9 Å². The van der Waals surface area contributed by atoms with Gasteiger partial charge in [-0.25, -0.2) is 0 Å². The molecule has 1 atom stereocenters. The summed E-state index contributed by atoms with van der Waals surface area (Å²) in [7, 11) is 1.40. The molecular weight excluding hydrogens is 434 g/mol. The average molecular weight is 466 g/mol. The Balaban J connectivity index is 1.58. The standard InChI is InChI=1S/C26H31N3O5/c1-5-27(15-13-24(30)33-4)20-8-6-19(7-9-20)12-14-26-25(2,3)22-18-21(29(31)32)10-11-23(22)28(26)16-17-34-26/h6-12,14,18H,5,13,15-17H2,1-4H3/b14-12+. The summed E-state index contributed by atoms with van der Waals surface area (Å²) >= 11 is 0. The summed E-state index contributed by atoms with van der Waals surface area (Å²) in [6.45, 7) is 8.92. The van der Waals surface area contributed by atoms with Crippen molar-refractivity contribution in [3.05, 3.63) is 69.8 Å². The highest BCUT2D eigenvalue weighted by Crippen LogP contribution is 2.55. The summed E-state index contributed by atoms with van der Waals surface area (Å²) in [6.07, 6.45) is 4.47. The van der Waals surface area contributed by atoms with Crippen molar-refractivity contribution < 1.29 is 19.2 Å². The SMILES string of the molecule is CCN(CCC(=O)OC)c1ccc(/C=C/C23OCCN2c2ccc([N+](=O)[O-])cc2C3(C)C)cc1. The van der Waals surface area contributed by atoms with Gasteiger partial charge in [-0.15, -0.1) is 0 Å². The van der Waals surface area contributed by atoms with E-state index in [0.29, 0.717) is 19.6 Å². The molecular formula is C26H31N3O5. The Labute approximate surface area is 199 Å².